The van der Waals surface area contributed by atoms with Gasteiger partial charge in [-0.15, -0.1) is 0 Å². The second kappa shape index (κ2) is 9.63. The molecule has 0 spiro atoms. The van der Waals surface area contributed by atoms with Gasteiger partial charge in [-0.2, -0.15) is 0 Å². The summed E-state index contributed by atoms with van der Waals surface area (Å²) in [6.45, 7) is 0. The first-order valence-corrected chi connectivity index (χ1v) is 9.12. The van der Waals surface area contributed by atoms with E-state index in [1.807, 2.05) is 24.3 Å². The highest BCUT2D eigenvalue weighted by molar-refractivity contribution is 6.30. The lowest BCUT2D eigenvalue weighted by atomic mass is 9.89. The van der Waals surface area contributed by atoms with Gasteiger partial charge in [0.25, 0.3) is 0 Å². The van der Waals surface area contributed by atoms with Crippen molar-refractivity contribution in [3.63, 3.8) is 0 Å². The van der Waals surface area contributed by atoms with Crippen LogP contribution in [0.3, 0.4) is 0 Å². The molecule has 1 N–H and O–H groups in total. The highest BCUT2D eigenvalue weighted by atomic mass is 35.5. The van der Waals surface area contributed by atoms with Crippen LogP contribution in [-0.2, 0) is 9.59 Å². The van der Waals surface area contributed by atoms with Gasteiger partial charge >= 0.3 is 5.97 Å². The molecule has 1 aliphatic carbocycles. The minimum absolute atomic E-state index is 0.132. The van der Waals surface area contributed by atoms with Crippen molar-refractivity contribution in [2.24, 2.45) is 11.8 Å². The Bertz CT molecular complexity index is 577. The Morgan fingerprint density at radius 3 is 2.58 bits per heavy atom. The van der Waals surface area contributed by atoms with E-state index in [1.54, 1.807) is 0 Å². The monoisotopic (exact) mass is 348 g/mol. The molecule has 1 saturated carbocycles. The molecule has 0 saturated heterocycles. The fourth-order valence-electron chi connectivity index (χ4n) is 3.34. The number of Topliss-reactive ketones (excluding diaryl/α,β-unsaturated/α-hetero) is 1. The quantitative estimate of drug-likeness (QED) is 0.610. The van der Waals surface area contributed by atoms with E-state index in [-0.39, 0.29) is 12.3 Å². The molecule has 2 rings (SSSR count). The number of carboxylic acids is 1. The smallest absolute Gasteiger partial charge is 0.303 e. The number of hydrogen-bond donors (Lipinski definition) is 1. The number of allylic oxidation sites excluding steroid dienone is 1. The maximum absolute atomic E-state index is 12.1. The number of benzene rings is 1. The zero-order chi connectivity index (χ0) is 17.4. The predicted molar refractivity (Wildman–Crippen MR) is 97.0 cm³/mol. The molecule has 0 aliphatic heterocycles. The Morgan fingerprint density at radius 2 is 1.88 bits per heavy atom. The van der Waals surface area contributed by atoms with Gasteiger partial charge in [0.1, 0.15) is 5.78 Å². The van der Waals surface area contributed by atoms with Crippen molar-refractivity contribution in [2.45, 2.75) is 51.4 Å². The lowest BCUT2D eigenvalue weighted by Gasteiger charge is -2.14. The van der Waals surface area contributed by atoms with Crippen LogP contribution in [0.4, 0.5) is 0 Å². The van der Waals surface area contributed by atoms with Gasteiger partial charge in [0.2, 0.25) is 0 Å². The molecule has 2 atom stereocenters. The molecule has 1 aromatic rings. The molecule has 0 amide bonds. The summed E-state index contributed by atoms with van der Waals surface area (Å²) < 4.78 is 0. The van der Waals surface area contributed by atoms with E-state index in [0.29, 0.717) is 18.1 Å². The summed E-state index contributed by atoms with van der Waals surface area (Å²) in [4.78, 5) is 22.6. The summed E-state index contributed by atoms with van der Waals surface area (Å²) in [7, 11) is 0. The highest BCUT2D eigenvalue weighted by Crippen LogP contribution is 2.34. The van der Waals surface area contributed by atoms with Crippen molar-refractivity contribution >= 4 is 29.4 Å². The first kappa shape index (κ1) is 18.7. The van der Waals surface area contributed by atoms with Crippen molar-refractivity contribution in [1.29, 1.82) is 0 Å². The molecule has 1 aliphatic rings. The number of aliphatic carboxylic acids is 1. The van der Waals surface area contributed by atoms with Crippen molar-refractivity contribution in [2.75, 3.05) is 0 Å². The third-order valence-electron chi connectivity index (χ3n) is 4.72. The number of carbonyl (C=O) groups excluding carboxylic acids is 1. The topological polar surface area (TPSA) is 54.4 Å². The zero-order valence-corrected chi connectivity index (χ0v) is 14.7. The summed E-state index contributed by atoms with van der Waals surface area (Å²) in [5.74, 6) is 0.111. The Labute approximate surface area is 148 Å². The minimum atomic E-state index is -0.728. The van der Waals surface area contributed by atoms with Crippen LogP contribution in [0.15, 0.2) is 30.3 Å². The lowest BCUT2D eigenvalue weighted by molar-refractivity contribution is -0.137. The van der Waals surface area contributed by atoms with E-state index < -0.39 is 5.97 Å². The molecular weight excluding hydrogens is 324 g/mol. The largest absolute Gasteiger partial charge is 0.481 e. The number of hydrogen-bond acceptors (Lipinski definition) is 2. The summed E-state index contributed by atoms with van der Waals surface area (Å²) >= 11 is 5.89. The molecule has 0 unspecified atom stereocenters. The molecule has 3 nitrogen and oxygen atoms in total. The molecule has 130 valence electrons. The average molecular weight is 349 g/mol. The maximum Gasteiger partial charge on any atom is 0.303 e. The van der Waals surface area contributed by atoms with E-state index in [2.05, 4.69) is 12.2 Å². The summed E-state index contributed by atoms with van der Waals surface area (Å²) in [5, 5.41) is 9.35. The van der Waals surface area contributed by atoms with Gasteiger partial charge in [0.05, 0.1) is 0 Å². The van der Waals surface area contributed by atoms with Crippen molar-refractivity contribution in [3.8, 4) is 0 Å². The van der Waals surface area contributed by atoms with Crippen molar-refractivity contribution in [3.05, 3.63) is 40.9 Å². The van der Waals surface area contributed by atoms with Crippen LogP contribution in [0.25, 0.3) is 6.08 Å². The molecular formula is C20H25ClO3. The average Bonchev–Trinajstić information content (AvgIpc) is 2.90. The van der Waals surface area contributed by atoms with Crippen LogP contribution in [0, 0.1) is 11.8 Å². The molecule has 0 heterocycles. The first-order chi connectivity index (χ1) is 11.6. The number of unbranched alkanes of at least 4 members (excludes halogenated alkanes) is 3. The van der Waals surface area contributed by atoms with Gasteiger partial charge in [-0.05, 0) is 42.9 Å². The number of carboxylic acid groups (broad SMARTS) is 1. The van der Waals surface area contributed by atoms with Gasteiger partial charge in [-0.25, -0.2) is 0 Å². The van der Waals surface area contributed by atoms with Gasteiger partial charge in [-0.1, -0.05) is 55.1 Å². The zero-order valence-electron chi connectivity index (χ0n) is 13.9. The van der Waals surface area contributed by atoms with E-state index in [1.165, 1.54) is 0 Å². The Morgan fingerprint density at radius 1 is 1.17 bits per heavy atom. The third kappa shape index (κ3) is 6.12. The fraction of sp³-hybridized carbons (Fsp3) is 0.500. The molecule has 0 aromatic heterocycles. The second-order valence-corrected chi connectivity index (χ2v) is 6.97. The Balaban J connectivity index is 1.78. The normalized spacial score (nSPS) is 20.8. The summed E-state index contributed by atoms with van der Waals surface area (Å²) in [6.07, 6.45) is 10.7. The predicted octanol–water partition coefficient (Wildman–Crippen LogP) is 5.37. The number of rotatable bonds is 9. The molecule has 0 radical (unpaired) electrons. The Kier molecular flexibility index (Phi) is 7.51. The Hall–Kier alpha value is -1.61. The van der Waals surface area contributed by atoms with Crippen LogP contribution < -0.4 is 0 Å². The van der Waals surface area contributed by atoms with Gasteiger partial charge in [0, 0.05) is 23.8 Å². The summed E-state index contributed by atoms with van der Waals surface area (Å²) in [6, 6.07) is 7.70. The number of ketones is 1. The van der Waals surface area contributed by atoms with E-state index in [9.17, 15) is 9.59 Å². The molecule has 0 bridgehead atoms. The SMILES string of the molecule is O=C(O)CCCCCC[C@@H]1C(=O)CC[C@H]1C=Cc1ccc(Cl)cc1. The highest BCUT2D eigenvalue weighted by Gasteiger charge is 2.32. The molecule has 1 aromatic carbocycles. The van der Waals surface area contributed by atoms with Crippen LogP contribution in [0.2, 0.25) is 5.02 Å². The standard InChI is InChI=1S/C20H25ClO3/c21-17-12-8-15(9-13-17)7-10-16-11-14-19(22)18(16)5-3-1-2-4-6-20(23)24/h7-10,12-13,16,18H,1-6,11,14H2,(H,23,24)/t16-,18+/m1/s1. The minimum Gasteiger partial charge on any atom is -0.481 e. The molecule has 1 fully saturated rings. The van der Waals surface area contributed by atoms with E-state index in [0.717, 1.165) is 49.1 Å². The van der Waals surface area contributed by atoms with E-state index in [4.69, 9.17) is 16.7 Å². The number of halogens is 1. The van der Waals surface area contributed by atoms with Crippen LogP contribution in [-0.4, -0.2) is 16.9 Å². The molecule has 4 heteroatoms. The lowest BCUT2D eigenvalue weighted by Crippen LogP contribution is -2.13. The summed E-state index contributed by atoms with van der Waals surface area (Å²) in [5.41, 5.74) is 1.10. The molecule has 24 heavy (non-hydrogen) atoms. The maximum atomic E-state index is 12.1. The van der Waals surface area contributed by atoms with Crippen LogP contribution in [0.5, 0.6) is 0 Å². The second-order valence-electron chi connectivity index (χ2n) is 6.53. The van der Waals surface area contributed by atoms with E-state index >= 15 is 0 Å². The van der Waals surface area contributed by atoms with Crippen molar-refractivity contribution < 1.29 is 14.7 Å². The van der Waals surface area contributed by atoms with Gasteiger partial charge < -0.3 is 5.11 Å². The number of carbonyl (C=O) groups is 2. The fourth-order valence-corrected chi connectivity index (χ4v) is 3.47. The van der Waals surface area contributed by atoms with Crippen LogP contribution >= 0.6 is 11.6 Å². The van der Waals surface area contributed by atoms with Crippen LogP contribution in [0.1, 0.15) is 56.9 Å². The van der Waals surface area contributed by atoms with Gasteiger partial charge in [-0.3, -0.25) is 9.59 Å². The third-order valence-corrected chi connectivity index (χ3v) is 4.97. The van der Waals surface area contributed by atoms with Crippen molar-refractivity contribution in [1.82, 2.24) is 0 Å². The first-order valence-electron chi connectivity index (χ1n) is 8.74. The van der Waals surface area contributed by atoms with Gasteiger partial charge in [0.15, 0.2) is 0 Å².